The van der Waals surface area contributed by atoms with Crippen molar-refractivity contribution in [1.29, 1.82) is 0 Å². The summed E-state index contributed by atoms with van der Waals surface area (Å²) in [7, 11) is 2.07. The maximum Gasteiger partial charge on any atom is 0.121 e. The van der Waals surface area contributed by atoms with E-state index >= 15 is 0 Å². The van der Waals surface area contributed by atoms with E-state index in [9.17, 15) is 0 Å². The zero-order valence-electron chi connectivity index (χ0n) is 20.4. The monoisotopic (exact) mass is 397 g/mol. The van der Waals surface area contributed by atoms with Gasteiger partial charge in [-0.25, -0.2) is 0 Å². The van der Waals surface area contributed by atoms with Gasteiger partial charge >= 0.3 is 0 Å². The highest BCUT2D eigenvalue weighted by Gasteiger charge is 2.43. The first-order valence-corrected chi connectivity index (χ1v) is 11.2. The Labute approximate surface area is 180 Å². The normalized spacial score (nSPS) is 20.3. The molecule has 162 valence electrons. The summed E-state index contributed by atoms with van der Waals surface area (Å²) in [6, 6.07) is 4.48. The van der Waals surface area contributed by atoms with E-state index in [1.54, 1.807) is 0 Å². The van der Waals surface area contributed by atoms with E-state index in [-0.39, 0.29) is 11.1 Å². The number of rotatable bonds is 6. The van der Waals surface area contributed by atoms with Crippen LogP contribution >= 0.6 is 0 Å². The molecular weight excluding hydrogens is 354 g/mol. The fraction of sp³-hybridized carbons (Fsp3) is 0.577. The molecule has 0 saturated carbocycles. The summed E-state index contributed by atoms with van der Waals surface area (Å²) < 4.78 is 0. The van der Waals surface area contributed by atoms with Crippen LogP contribution in [-0.4, -0.2) is 23.5 Å². The van der Waals surface area contributed by atoms with Gasteiger partial charge in [0, 0.05) is 29.4 Å². The SMILES string of the molecule is C/C=C\C(C)=C/CN1C=Cc2nc(C(C)(C)C)ccc2C1(NC)C(C)CC.CC. The van der Waals surface area contributed by atoms with Crippen LogP contribution in [0.15, 0.2) is 42.1 Å². The lowest BCUT2D eigenvalue weighted by molar-refractivity contribution is 0.0539. The number of allylic oxidation sites excluding steroid dienone is 3. The Balaban J connectivity index is 0.00000204. The molecule has 2 atom stereocenters. The number of nitrogens with zero attached hydrogens (tertiary/aromatic N) is 2. The number of hydrogen-bond acceptors (Lipinski definition) is 3. The van der Waals surface area contributed by atoms with Gasteiger partial charge in [0.15, 0.2) is 0 Å². The predicted octanol–water partition coefficient (Wildman–Crippen LogP) is 6.63. The van der Waals surface area contributed by atoms with Gasteiger partial charge in [-0.05, 0) is 45.4 Å². The van der Waals surface area contributed by atoms with Crippen molar-refractivity contribution in [3.63, 3.8) is 0 Å². The minimum absolute atomic E-state index is 0.0466. The molecule has 2 heterocycles. The van der Waals surface area contributed by atoms with E-state index in [1.165, 1.54) is 11.1 Å². The van der Waals surface area contributed by atoms with Crippen molar-refractivity contribution in [1.82, 2.24) is 15.2 Å². The molecule has 0 amide bonds. The highest BCUT2D eigenvalue weighted by molar-refractivity contribution is 5.56. The minimum Gasteiger partial charge on any atom is -0.352 e. The third-order valence-electron chi connectivity index (χ3n) is 5.72. The molecule has 0 spiro atoms. The molecule has 1 aromatic rings. The quantitative estimate of drug-likeness (QED) is 0.546. The van der Waals surface area contributed by atoms with Gasteiger partial charge in [0.05, 0.1) is 5.69 Å². The predicted molar refractivity (Wildman–Crippen MR) is 129 cm³/mol. The Morgan fingerprint density at radius 1 is 1.28 bits per heavy atom. The van der Waals surface area contributed by atoms with Crippen LogP contribution in [0.25, 0.3) is 6.08 Å². The number of pyridine rings is 1. The van der Waals surface area contributed by atoms with Gasteiger partial charge in [-0.15, -0.1) is 0 Å². The molecule has 1 aliphatic rings. The van der Waals surface area contributed by atoms with Crippen molar-refractivity contribution in [2.75, 3.05) is 13.6 Å². The minimum atomic E-state index is -0.255. The zero-order chi connectivity index (χ0) is 22.2. The van der Waals surface area contributed by atoms with Crippen LogP contribution < -0.4 is 5.32 Å². The lowest BCUT2D eigenvalue weighted by Crippen LogP contribution is -2.58. The summed E-state index contributed by atoms with van der Waals surface area (Å²) in [5, 5.41) is 3.68. The van der Waals surface area contributed by atoms with E-state index < -0.39 is 0 Å². The third-order valence-corrected chi connectivity index (χ3v) is 5.72. The maximum absolute atomic E-state index is 5.02. The summed E-state index contributed by atoms with van der Waals surface area (Å²) in [4.78, 5) is 7.45. The van der Waals surface area contributed by atoms with Crippen LogP contribution in [0, 0.1) is 5.92 Å². The third kappa shape index (κ3) is 5.39. The summed E-state index contributed by atoms with van der Waals surface area (Å²) in [6.07, 6.45) is 12.0. The van der Waals surface area contributed by atoms with E-state index in [0.29, 0.717) is 5.92 Å². The van der Waals surface area contributed by atoms with Crippen molar-refractivity contribution >= 4 is 6.08 Å². The molecule has 0 radical (unpaired) electrons. The van der Waals surface area contributed by atoms with Crippen molar-refractivity contribution in [2.45, 2.75) is 79.8 Å². The number of hydrogen-bond donors (Lipinski definition) is 1. The van der Waals surface area contributed by atoms with E-state index in [4.69, 9.17) is 4.98 Å². The fourth-order valence-corrected chi connectivity index (χ4v) is 3.92. The highest BCUT2D eigenvalue weighted by Crippen LogP contribution is 2.41. The molecule has 2 rings (SSSR count). The first-order valence-electron chi connectivity index (χ1n) is 11.2. The molecule has 1 N–H and O–H groups in total. The maximum atomic E-state index is 5.02. The highest BCUT2D eigenvalue weighted by atomic mass is 15.3. The van der Waals surface area contributed by atoms with Gasteiger partial charge in [0.1, 0.15) is 5.66 Å². The second-order valence-corrected chi connectivity index (χ2v) is 8.62. The molecule has 0 bridgehead atoms. The number of fused-ring (bicyclic) bond motifs is 1. The van der Waals surface area contributed by atoms with Crippen LogP contribution in [0.1, 0.15) is 85.7 Å². The fourth-order valence-electron chi connectivity index (χ4n) is 3.92. The molecular formula is C26H43N3. The molecule has 29 heavy (non-hydrogen) atoms. The Hall–Kier alpha value is -1.87. The van der Waals surface area contributed by atoms with Crippen molar-refractivity contribution in [3.05, 3.63) is 59.1 Å². The van der Waals surface area contributed by atoms with Crippen molar-refractivity contribution in [2.24, 2.45) is 5.92 Å². The molecule has 0 aliphatic carbocycles. The summed E-state index contributed by atoms with van der Waals surface area (Å²) >= 11 is 0. The Morgan fingerprint density at radius 3 is 2.45 bits per heavy atom. The average molecular weight is 398 g/mol. The summed E-state index contributed by atoms with van der Waals surface area (Å²) in [6.45, 7) is 20.3. The first kappa shape index (κ1) is 25.2. The zero-order valence-corrected chi connectivity index (χ0v) is 20.4. The van der Waals surface area contributed by atoms with Crippen LogP contribution in [0.3, 0.4) is 0 Å². The Bertz CT molecular complexity index is 737. The molecule has 2 unspecified atom stereocenters. The van der Waals surface area contributed by atoms with E-state index in [2.05, 4.69) is 108 Å². The van der Waals surface area contributed by atoms with Crippen LogP contribution in [0.2, 0.25) is 0 Å². The van der Waals surface area contributed by atoms with Gasteiger partial charge in [-0.2, -0.15) is 0 Å². The molecule has 0 fully saturated rings. The van der Waals surface area contributed by atoms with E-state index in [1.807, 2.05) is 13.8 Å². The van der Waals surface area contributed by atoms with Gasteiger partial charge in [0.25, 0.3) is 0 Å². The van der Waals surface area contributed by atoms with Crippen molar-refractivity contribution < 1.29 is 0 Å². The molecule has 0 saturated heterocycles. The van der Waals surface area contributed by atoms with Crippen LogP contribution in [0.4, 0.5) is 0 Å². The second-order valence-electron chi connectivity index (χ2n) is 8.62. The average Bonchev–Trinajstić information content (AvgIpc) is 2.71. The molecule has 3 nitrogen and oxygen atoms in total. The molecule has 1 aromatic heterocycles. The van der Waals surface area contributed by atoms with Gasteiger partial charge in [-0.1, -0.05) is 78.3 Å². The topological polar surface area (TPSA) is 28.2 Å². The number of aromatic nitrogens is 1. The van der Waals surface area contributed by atoms with Crippen LogP contribution in [-0.2, 0) is 11.1 Å². The summed E-state index contributed by atoms with van der Waals surface area (Å²) in [5.41, 5.74) is 4.57. The van der Waals surface area contributed by atoms with E-state index in [0.717, 1.165) is 24.4 Å². The largest absolute Gasteiger partial charge is 0.352 e. The van der Waals surface area contributed by atoms with Gasteiger partial charge in [0.2, 0.25) is 0 Å². The Kier molecular flexibility index (Phi) is 9.35. The summed E-state index contributed by atoms with van der Waals surface area (Å²) in [5.74, 6) is 0.434. The smallest absolute Gasteiger partial charge is 0.121 e. The second kappa shape index (κ2) is 10.8. The lowest BCUT2D eigenvalue weighted by Gasteiger charge is -2.50. The first-order chi connectivity index (χ1) is 13.7. The number of nitrogens with one attached hydrogen (secondary N) is 1. The van der Waals surface area contributed by atoms with Gasteiger partial charge < -0.3 is 4.90 Å². The molecule has 0 aromatic carbocycles. The van der Waals surface area contributed by atoms with Gasteiger partial charge in [-0.3, -0.25) is 10.3 Å². The van der Waals surface area contributed by atoms with Crippen LogP contribution in [0.5, 0.6) is 0 Å². The standard InChI is InChI=1S/C24H37N3.C2H6/c1-9-11-18(3)14-16-27-17-15-21-20(24(27,25-8)19(4)10-2)12-13-22(26-21)23(5,6)7;1-2/h9,11-15,17,19,25H,10,16H2,1-8H3;1-2H3/b11-9-,18-14-;. The molecule has 3 heteroatoms. The lowest BCUT2D eigenvalue weighted by atomic mass is 9.80. The molecule has 1 aliphatic heterocycles. The van der Waals surface area contributed by atoms with Crippen molar-refractivity contribution in [3.8, 4) is 0 Å². The Morgan fingerprint density at radius 2 is 1.93 bits per heavy atom.